The molecule has 0 radical (unpaired) electrons. The van der Waals surface area contributed by atoms with Crippen molar-refractivity contribution in [2.24, 2.45) is 0 Å². The largest absolute Gasteiger partial charge is 0.245 e. The Labute approximate surface area is 103 Å². The van der Waals surface area contributed by atoms with E-state index in [1.165, 1.54) is 18.0 Å². The van der Waals surface area contributed by atoms with Crippen LogP contribution in [0.5, 0.6) is 0 Å². The molecular formula is C11H9N5S. The van der Waals surface area contributed by atoms with Gasteiger partial charge in [0.1, 0.15) is 11.1 Å². The van der Waals surface area contributed by atoms with Gasteiger partial charge in [-0.1, -0.05) is 0 Å². The van der Waals surface area contributed by atoms with Crippen LogP contribution < -0.4 is 0 Å². The van der Waals surface area contributed by atoms with Gasteiger partial charge in [-0.05, 0) is 31.7 Å². The summed E-state index contributed by atoms with van der Waals surface area (Å²) in [5, 5.41) is 10.0. The van der Waals surface area contributed by atoms with Gasteiger partial charge >= 0.3 is 0 Å². The Morgan fingerprint density at radius 3 is 2.41 bits per heavy atom. The number of hydrogen-bond donors (Lipinski definition) is 0. The van der Waals surface area contributed by atoms with Crippen LogP contribution in [0, 0.1) is 25.2 Å². The van der Waals surface area contributed by atoms with Crippen LogP contribution in [0.1, 0.15) is 17.1 Å². The lowest BCUT2D eigenvalue weighted by atomic mass is 10.4. The fourth-order valence-electron chi connectivity index (χ4n) is 1.30. The van der Waals surface area contributed by atoms with E-state index in [2.05, 4.69) is 19.9 Å². The lowest BCUT2D eigenvalue weighted by Gasteiger charge is -2.02. The summed E-state index contributed by atoms with van der Waals surface area (Å²) >= 11 is 1.25. The summed E-state index contributed by atoms with van der Waals surface area (Å²) in [6, 6.07) is 3.89. The van der Waals surface area contributed by atoms with Gasteiger partial charge in [0.05, 0.1) is 0 Å². The fraction of sp³-hybridized carbons (Fsp3) is 0.182. The number of aryl methyl sites for hydroxylation is 2. The average Bonchev–Trinajstić information content (AvgIpc) is 2.28. The fourth-order valence-corrected chi connectivity index (χ4v) is 2.16. The topological polar surface area (TPSA) is 75.3 Å². The number of aromatic nitrogens is 4. The van der Waals surface area contributed by atoms with Crippen LogP contribution in [0.25, 0.3) is 0 Å². The van der Waals surface area contributed by atoms with E-state index in [1.807, 2.05) is 26.0 Å². The predicted molar refractivity (Wildman–Crippen MR) is 62.4 cm³/mol. The molecule has 0 saturated carbocycles. The molecule has 0 amide bonds. The first-order valence-corrected chi connectivity index (χ1v) is 5.72. The third-order valence-electron chi connectivity index (χ3n) is 1.92. The van der Waals surface area contributed by atoms with Gasteiger partial charge in [0, 0.05) is 23.8 Å². The summed E-state index contributed by atoms with van der Waals surface area (Å²) in [5.41, 5.74) is 2.07. The highest BCUT2D eigenvalue weighted by atomic mass is 32.2. The first kappa shape index (κ1) is 11.5. The van der Waals surface area contributed by atoms with E-state index in [-0.39, 0.29) is 0 Å². The monoisotopic (exact) mass is 243 g/mol. The van der Waals surface area contributed by atoms with Crippen LogP contribution in [0.2, 0.25) is 0 Å². The van der Waals surface area contributed by atoms with E-state index < -0.39 is 0 Å². The predicted octanol–water partition coefficient (Wildman–Crippen LogP) is 1.91. The molecule has 0 fully saturated rings. The zero-order chi connectivity index (χ0) is 12.3. The SMILES string of the molecule is Cc1cc(C)nc(Sc2nccnc2C#N)n1. The van der Waals surface area contributed by atoms with Crippen molar-refractivity contribution in [2.45, 2.75) is 24.0 Å². The molecule has 0 spiro atoms. The van der Waals surface area contributed by atoms with Crippen LogP contribution in [0.3, 0.4) is 0 Å². The highest BCUT2D eigenvalue weighted by Crippen LogP contribution is 2.24. The molecule has 2 rings (SSSR count). The molecule has 0 N–H and O–H groups in total. The van der Waals surface area contributed by atoms with Gasteiger partial charge in [-0.3, -0.25) is 0 Å². The first-order valence-electron chi connectivity index (χ1n) is 4.90. The van der Waals surface area contributed by atoms with Gasteiger partial charge in [-0.15, -0.1) is 0 Å². The van der Waals surface area contributed by atoms with Crippen molar-refractivity contribution < 1.29 is 0 Å². The van der Waals surface area contributed by atoms with E-state index in [0.717, 1.165) is 11.4 Å². The van der Waals surface area contributed by atoms with Crippen molar-refractivity contribution in [1.82, 2.24) is 19.9 Å². The van der Waals surface area contributed by atoms with E-state index in [1.54, 1.807) is 6.20 Å². The van der Waals surface area contributed by atoms with Gasteiger partial charge < -0.3 is 0 Å². The highest BCUT2D eigenvalue weighted by molar-refractivity contribution is 7.99. The van der Waals surface area contributed by atoms with Crippen molar-refractivity contribution in [2.75, 3.05) is 0 Å². The summed E-state index contributed by atoms with van der Waals surface area (Å²) in [4.78, 5) is 16.6. The highest BCUT2D eigenvalue weighted by Gasteiger charge is 2.09. The Bertz CT molecular complexity index is 570. The molecule has 6 heteroatoms. The summed E-state index contributed by atoms with van der Waals surface area (Å²) in [6.07, 6.45) is 3.04. The molecule has 84 valence electrons. The smallest absolute Gasteiger partial charge is 0.194 e. The quantitative estimate of drug-likeness (QED) is 0.750. The number of hydrogen-bond acceptors (Lipinski definition) is 6. The second kappa shape index (κ2) is 4.89. The van der Waals surface area contributed by atoms with Crippen LogP contribution in [0.4, 0.5) is 0 Å². The van der Waals surface area contributed by atoms with Gasteiger partial charge in [-0.25, -0.2) is 19.9 Å². The Morgan fingerprint density at radius 1 is 1.12 bits per heavy atom. The molecule has 0 aliphatic rings. The molecule has 0 atom stereocenters. The molecule has 17 heavy (non-hydrogen) atoms. The maximum absolute atomic E-state index is 8.90. The molecule has 2 aromatic rings. The lowest BCUT2D eigenvalue weighted by molar-refractivity contribution is 0.895. The molecular weight excluding hydrogens is 234 g/mol. The van der Waals surface area contributed by atoms with Crippen LogP contribution >= 0.6 is 11.8 Å². The van der Waals surface area contributed by atoms with E-state index in [4.69, 9.17) is 5.26 Å². The summed E-state index contributed by atoms with van der Waals surface area (Å²) < 4.78 is 0. The molecule has 2 aromatic heterocycles. The second-order valence-corrected chi connectivity index (χ2v) is 4.31. The standard InChI is InChI=1S/C11H9N5S/c1-7-5-8(2)16-11(15-7)17-10-9(6-12)13-3-4-14-10/h3-5H,1-2H3. The molecule has 0 bridgehead atoms. The molecule has 2 heterocycles. The maximum Gasteiger partial charge on any atom is 0.194 e. The Balaban J connectivity index is 2.35. The Hall–Kier alpha value is -2.00. The van der Waals surface area contributed by atoms with Crippen molar-refractivity contribution in [1.29, 1.82) is 5.26 Å². The van der Waals surface area contributed by atoms with Gasteiger partial charge in [0.15, 0.2) is 10.9 Å². The van der Waals surface area contributed by atoms with Crippen molar-refractivity contribution in [3.8, 4) is 6.07 Å². The summed E-state index contributed by atoms with van der Waals surface area (Å²) in [6.45, 7) is 3.81. The number of nitrogens with zero attached hydrogens (tertiary/aromatic N) is 5. The molecule has 0 aromatic carbocycles. The van der Waals surface area contributed by atoms with Crippen molar-refractivity contribution >= 4 is 11.8 Å². The van der Waals surface area contributed by atoms with E-state index in [9.17, 15) is 0 Å². The minimum Gasteiger partial charge on any atom is -0.245 e. The van der Waals surface area contributed by atoms with E-state index >= 15 is 0 Å². The molecule has 0 saturated heterocycles. The van der Waals surface area contributed by atoms with Crippen LogP contribution in [-0.2, 0) is 0 Å². The number of nitriles is 1. The normalized spacial score (nSPS) is 9.94. The third-order valence-corrected chi connectivity index (χ3v) is 2.78. The van der Waals surface area contributed by atoms with Gasteiger partial charge in [0.2, 0.25) is 0 Å². The zero-order valence-corrected chi connectivity index (χ0v) is 10.2. The Morgan fingerprint density at radius 2 is 1.76 bits per heavy atom. The lowest BCUT2D eigenvalue weighted by Crippen LogP contribution is -1.95. The minimum atomic E-state index is 0.292. The van der Waals surface area contributed by atoms with Crippen molar-refractivity contribution in [3.63, 3.8) is 0 Å². The van der Waals surface area contributed by atoms with Gasteiger partial charge in [-0.2, -0.15) is 5.26 Å². The summed E-state index contributed by atoms with van der Waals surface area (Å²) in [5.74, 6) is 0. The van der Waals surface area contributed by atoms with Crippen molar-refractivity contribution in [3.05, 3.63) is 35.5 Å². The minimum absolute atomic E-state index is 0.292. The third kappa shape index (κ3) is 2.77. The Kier molecular flexibility index (Phi) is 3.30. The molecule has 0 unspecified atom stereocenters. The number of rotatable bonds is 2. The molecule has 0 aliphatic heterocycles. The second-order valence-electron chi connectivity index (χ2n) is 3.36. The first-order chi connectivity index (χ1) is 8.19. The average molecular weight is 243 g/mol. The van der Waals surface area contributed by atoms with Gasteiger partial charge in [0.25, 0.3) is 0 Å². The summed E-state index contributed by atoms with van der Waals surface area (Å²) in [7, 11) is 0. The maximum atomic E-state index is 8.90. The van der Waals surface area contributed by atoms with Crippen LogP contribution in [-0.4, -0.2) is 19.9 Å². The molecule has 0 aliphatic carbocycles. The van der Waals surface area contributed by atoms with E-state index in [0.29, 0.717) is 15.9 Å². The zero-order valence-electron chi connectivity index (χ0n) is 9.38. The molecule has 5 nitrogen and oxygen atoms in total. The van der Waals surface area contributed by atoms with Crippen LogP contribution in [0.15, 0.2) is 28.6 Å².